The summed E-state index contributed by atoms with van der Waals surface area (Å²) in [6.07, 6.45) is 3.56. The minimum absolute atomic E-state index is 0.0172. The number of benzene rings is 2. The molecule has 0 saturated carbocycles. The molecule has 38 heavy (non-hydrogen) atoms. The van der Waals surface area contributed by atoms with Gasteiger partial charge in [-0.2, -0.15) is 0 Å². The van der Waals surface area contributed by atoms with E-state index >= 15 is 0 Å². The molecule has 1 heterocycles. The van der Waals surface area contributed by atoms with Gasteiger partial charge in [0.25, 0.3) is 0 Å². The number of rotatable bonds is 8. The van der Waals surface area contributed by atoms with Crippen LogP contribution in [0.1, 0.15) is 62.0 Å². The number of halogens is 1. The van der Waals surface area contributed by atoms with Crippen LogP contribution in [0.5, 0.6) is 11.5 Å². The standard InChI is InChI=1S/C30H30ClNO6/c1-37-26-16-19(10-13-25(26)38-17-18-8-11-20(31)12-9-18)28-29-21(4-2-6-23(29)33)32(15-14-27(35)36)22-5-3-7-24(34)30(22)28/h8-13,16,28H,2-7,14-15,17H2,1H3,(H,35,36). The fraction of sp³-hybridized carbons (Fsp3) is 0.367. The third-order valence-electron chi connectivity index (χ3n) is 7.46. The van der Waals surface area contributed by atoms with E-state index in [0.717, 1.165) is 22.5 Å². The maximum Gasteiger partial charge on any atom is 0.305 e. The molecule has 0 unspecified atom stereocenters. The zero-order chi connectivity index (χ0) is 26.8. The summed E-state index contributed by atoms with van der Waals surface area (Å²) < 4.78 is 11.7. The Balaban J connectivity index is 1.54. The summed E-state index contributed by atoms with van der Waals surface area (Å²) in [4.78, 5) is 40.1. The second kappa shape index (κ2) is 11.0. The van der Waals surface area contributed by atoms with Crippen LogP contribution < -0.4 is 9.47 Å². The van der Waals surface area contributed by atoms with Crippen molar-refractivity contribution in [3.05, 3.63) is 81.2 Å². The predicted octanol–water partition coefficient (Wildman–Crippen LogP) is 5.82. The Morgan fingerprint density at radius 2 is 1.58 bits per heavy atom. The van der Waals surface area contributed by atoms with E-state index in [9.17, 15) is 19.5 Å². The van der Waals surface area contributed by atoms with Crippen LogP contribution in [0.4, 0.5) is 0 Å². The maximum atomic E-state index is 13.4. The van der Waals surface area contributed by atoms with E-state index < -0.39 is 11.9 Å². The van der Waals surface area contributed by atoms with Crippen molar-refractivity contribution in [1.82, 2.24) is 4.90 Å². The monoisotopic (exact) mass is 535 g/mol. The fourth-order valence-electron chi connectivity index (χ4n) is 5.75. The topological polar surface area (TPSA) is 93.1 Å². The summed E-state index contributed by atoms with van der Waals surface area (Å²) >= 11 is 5.98. The third kappa shape index (κ3) is 5.07. The molecule has 0 radical (unpaired) electrons. The molecule has 0 spiro atoms. The van der Waals surface area contributed by atoms with Gasteiger partial charge < -0.3 is 19.5 Å². The molecule has 0 amide bonds. The van der Waals surface area contributed by atoms with Crippen LogP contribution in [-0.4, -0.2) is 41.2 Å². The molecule has 3 aliphatic rings. The first-order chi connectivity index (χ1) is 18.4. The second-order valence-corrected chi connectivity index (χ2v) is 10.3. The van der Waals surface area contributed by atoms with Gasteiger partial charge in [0.2, 0.25) is 0 Å². The molecule has 198 valence electrons. The lowest BCUT2D eigenvalue weighted by Crippen LogP contribution is -2.39. The van der Waals surface area contributed by atoms with E-state index in [-0.39, 0.29) is 24.5 Å². The summed E-state index contributed by atoms with van der Waals surface area (Å²) in [5.74, 6) is -0.299. The molecule has 1 N–H and O–H groups in total. The molecule has 2 aliphatic carbocycles. The molecule has 0 fully saturated rings. The summed E-state index contributed by atoms with van der Waals surface area (Å²) in [5.41, 5.74) is 4.72. The van der Waals surface area contributed by atoms with Crippen LogP contribution >= 0.6 is 11.6 Å². The van der Waals surface area contributed by atoms with E-state index in [1.54, 1.807) is 7.11 Å². The number of Topliss-reactive ketones (excluding diaryl/α,β-unsaturated/α-hetero) is 2. The lowest BCUT2D eigenvalue weighted by Gasteiger charge is -2.44. The third-order valence-corrected chi connectivity index (χ3v) is 7.72. The second-order valence-electron chi connectivity index (χ2n) is 9.83. The molecule has 7 nitrogen and oxygen atoms in total. The van der Waals surface area contributed by atoms with Gasteiger partial charge in [-0.15, -0.1) is 0 Å². The van der Waals surface area contributed by atoms with Gasteiger partial charge in [0, 0.05) is 52.9 Å². The molecule has 0 atom stereocenters. The van der Waals surface area contributed by atoms with Crippen molar-refractivity contribution in [3.8, 4) is 11.5 Å². The molecule has 0 bridgehead atoms. The van der Waals surface area contributed by atoms with Gasteiger partial charge in [0.15, 0.2) is 23.1 Å². The zero-order valence-electron chi connectivity index (χ0n) is 21.3. The highest BCUT2D eigenvalue weighted by Crippen LogP contribution is 2.50. The lowest BCUT2D eigenvalue weighted by atomic mass is 9.71. The maximum absolute atomic E-state index is 13.4. The molecular weight excluding hydrogens is 506 g/mol. The SMILES string of the molecule is COc1cc(C2C3=C(CCCC3=O)N(CCC(=O)O)C3=C2C(=O)CCC3)ccc1OCc1ccc(Cl)cc1. The van der Waals surface area contributed by atoms with Crippen molar-refractivity contribution in [1.29, 1.82) is 0 Å². The number of allylic oxidation sites excluding steroid dienone is 4. The van der Waals surface area contributed by atoms with Crippen molar-refractivity contribution in [2.24, 2.45) is 0 Å². The number of carbonyl (C=O) groups excluding carboxylic acids is 2. The Kier molecular flexibility index (Phi) is 7.56. The Bertz CT molecular complexity index is 1300. The van der Waals surface area contributed by atoms with Gasteiger partial charge in [-0.1, -0.05) is 29.8 Å². The van der Waals surface area contributed by atoms with E-state index in [4.69, 9.17) is 21.1 Å². The quantitative estimate of drug-likeness (QED) is 0.455. The molecule has 2 aromatic carbocycles. The first-order valence-electron chi connectivity index (χ1n) is 12.9. The van der Waals surface area contributed by atoms with Crippen LogP contribution in [0.3, 0.4) is 0 Å². The minimum atomic E-state index is -0.903. The molecule has 0 saturated heterocycles. The Morgan fingerprint density at radius 3 is 2.16 bits per heavy atom. The Morgan fingerprint density at radius 1 is 0.947 bits per heavy atom. The van der Waals surface area contributed by atoms with Gasteiger partial charge >= 0.3 is 5.97 Å². The first-order valence-corrected chi connectivity index (χ1v) is 13.3. The van der Waals surface area contributed by atoms with Gasteiger partial charge in [0.1, 0.15) is 6.61 Å². The molecule has 1 aliphatic heterocycles. The molecule has 2 aromatic rings. The summed E-state index contributed by atoms with van der Waals surface area (Å²) in [5, 5.41) is 10.0. The fourth-order valence-corrected chi connectivity index (χ4v) is 5.88. The van der Waals surface area contributed by atoms with Crippen LogP contribution in [-0.2, 0) is 21.0 Å². The highest BCUT2D eigenvalue weighted by atomic mass is 35.5. The highest BCUT2D eigenvalue weighted by molar-refractivity contribution is 6.30. The van der Waals surface area contributed by atoms with Crippen LogP contribution in [0, 0.1) is 0 Å². The normalized spacial score (nSPS) is 17.9. The molecule has 0 aromatic heterocycles. The number of ketones is 2. The van der Waals surface area contributed by atoms with Crippen LogP contribution in [0.2, 0.25) is 5.02 Å². The molecule has 8 heteroatoms. The Labute approximate surface area is 226 Å². The Hall–Kier alpha value is -3.58. The van der Waals surface area contributed by atoms with Crippen molar-refractivity contribution in [2.75, 3.05) is 13.7 Å². The predicted molar refractivity (Wildman–Crippen MR) is 142 cm³/mol. The van der Waals surface area contributed by atoms with Crippen LogP contribution in [0.25, 0.3) is 0 Å². The van der Waals surface area contributed by atoms with Gasteiger partial charge in [-0.25, -0.2) is 0 Å². The number of hydrogen-bond donors (Lipinski definition) is 1. The van der Waals surface area contributed by atoms with E-state index in [2.05, 4.69) is 0 Å². The number of aliphatic carboxylic acids is 1. The van der Waals surface area contributed by atoms with E-state index in [1.807, 2.05) is 47.4 Å². The average molecular weight is 536 g/mol. The summed E-state index contributed by atoms with van der Waals surface area (Å²) in [7, 11) is 1.57. The number of nitrogens with zero attached hydrogens (tertiary/aromatic N) is 1. The zero-order valence-corrected chi connectivity index (χ0v) is 22.1. The van der Waals surface area contributed by atoms with Gasteiger partial charge in [-0.05, 0) is 61.1 Å². The average Bonchev–Trinajstić information content (AvgIpc) is 2.91. The van der Waals surface area contributed by atoms with Crippen LogP contribution in [0.15, 0.2) is 65.0 Å². The number of methoxy groups -OCH3 is 1. The van der Waals surface area contributed by atoms with Crippen molar-refractivity contribution in [3.63, 3.8) is 0 Å². The smallest absolute Gasteiger partial charge is 0.305 e. The molecule has 5 rings (SSSR count). The molecular formula is C30H30ClNO6. The summed E-state index contributed by atoms with van der Waals surface area (Å²) in [6, 6.07) is 13.0. The first kappa shape index (κ1) is 26.0. The highest BCUT2D eigenvalue weighted by Gasteiger charge is 2.43. The number of carboxylic acid groups (broad SMARTS) is 1. The van der Waals surface area contributed by atoms with Crippen molar-refractivity contribution in [2.45, 2.75) is 57.5 Å². The van der Waals surface area contributed by atoms with Gasteiger partial charge in [0.05, 0.1) is 13.5 Å². The lowest BCUT2D eigenvalue weighted by molar-refractivity contribution is -0.137. The minimum Gasteiger partial charge on any atom is -0.493 e. The van der Waals surface area contributed by atoms with Gasteiger partial charge in [-0.3, -0.25) is 14.4 Å². The van der Waals surface area contributed by atoms with E-state index in [1.165, 1.54) is 0 Å². The van der Waals surface area contributed by atoms with Crippen molar-refractivity contribution >= 4 is 29.1 Å². The number of carboxylic acids is 1. The number of ether oxygens (including phenoxy) is 2. The van der Waals surface area contributed by atoms with E-state index in [0.29, 0.717) is 72.8 Å². The number of hydrogen-bond acceptors (Lipinski definition) is 6. The summed E-state index contributed by atoms with van der Waals surface area (Å²) in [6.45, 7) is 0.581. The van der Waals surface area contributed by atoms with Crippen molar-refractivity contribution < 1.29 is 29.0 Å². The largest absolute Gasteiger partial charge is 0.493 e. The number of carbonyl (C=O) groups is 3.